The van der Waals surface area contributed by atoms with Crippen LogP contribution in [0.1, 0.15) is 23.6 Å². The number of hydrogen-bond acceptors (Lipinski definition) is 3. The molecule has 2 aromatic carbocycles. The maximum absolute atomic E-state index is 14.0. The second-order valence-electron chi connectivity index (χ2n) is 6.29. The van der Waals surface area contributed by atoms with Gasteiger partial charge in [0.05, 0.1) is 5.16 Å². The van der Waals surface area contributed by atoms with Crippen LogP contribution in [0.4, 0.5) is 10.1 Å². The molecule has 0 N–H and O–H groups in total. The molecule has 4 rings (SSSR count). The molecule has 0 atom stereocenters. The molecule has 1 aliphatic rings. The van der Waals surface area contributed by atoms with E-state index in [9.17, 15) is 4.39 Å². The SMILES string of the molecule is Fc1cc(-c2ccc(-c3ccc(C4CC=CC4)s3)cc2)ccc1N=C=S. The Labute approximate surface area is 161 Å². The van der Waals surface area contributed by atoms with Crippen LogP contribution in [0.3, 0.4) is 0 Å². The minimum atomic E-state index is -0.392. The average molecular weight is 378 g/mol. The van der Waals surface area contributed by atoms with Crippen LogP contribution in [-0.4, -0.2) is 5.16 Å². The Hall–Kier alpha value is -2.39. The van der Waals surface area contributed by atoms with E-state index in [0.717, 1.165) is 24.0 Å². The third-order valence-electron chi connectivity index (χ3n) is 4.65. The average Bonchev–Trinajstić information content (AvgIpc) is 3.35. The van der Waals surface area contributed by atoms with Gasteiger partial charge in [0.1, 0.15) is 11.5 Å². The van der Waals surface area contributed by atoms with Crippen LogP contribution >= 0.6 is 23.6 Å². The highest BCUT2D eigenvalue weighted by Crippen LogP contribution is 2.38. The van der Waals surface area contributed by atoms with Crippen LogP contribution < -0.4 is 0 Å². The Morgan fingerprint density at radius 2 is 1.62 bits per heavy atom. The zero-order chi connectivity index (χ0) is 17.9. The molecule has 128 valence electrons. The fourth-order valence-electron chi connectivity index (χ4n) is 3.23. The summed E-state index contributed by atoms with van der Waals surface area (Å²) in [6.45, 7) is 0. The van der Waals surface area contributed by atoms with E-state index in [4.69, 9.17) is 0 Å². The number of benzene rings is 2. The summed E-state index contributed by atoms with van der Waals surface area (Å²) in [6.07, 6.45) is 6.82. The summed E-state index contributed by atoms with van der Waals surface area (Å²) in [4.78, 5) is 6.44. The van der Waals surface area contributed by atoms with Gasteiger partial charge in [0.25, 0.3) is 0 Å². The van der Waals surface area contributed by atoms with Crippen LogP contribution in [0.5, 0.6) is 0 Å². The number of halogens is 1. The van der Waals surface area contributed by atoms with Crippen molar-refractivity contribution in [2.24, 2.45) is 4.99 Å². The van der Waals surface area contributed by atoms with E-state index in [0.29, 0.717) is 5.92 Å². The summed E-state index contributed by atoms with van der Waals surface area (Å²) in [5, 5.41) is 2.20. The maximum atomic E-state index is 14.0. The van der Waals surface area contributed by atoms with Crippen LogP contribution in [-0.2, 0) is 0 Å². The summed E-state index contributed by atoms with van der Waals surface area (Å²) in [5.74, 6) is 0.251. The van der Waals surface area contributed by atoms with Crippen molar-refractivity contribution in [1.82, 2.24) is 0 Å². The first-order valence-corrected chi connectivity index (χ1v) is 9.70. The molecule has 1 aromatic heterocycles. The minimum absolute atomic E-state index is 0.216. The summed E-state index contributed by atoms with van der Waals surface area (Å²) >= 11 is 6.40. The summed E-state index contributed by atoms with van der Waals surface area (Å²) in [5.41, 5.74) is 3.20. The van der Waals surface area contributed by atoms with E-state index in [1.807, 2.05) is 29.5 Å². The van der Waals surface area contributed by atoms with Crippen molar-refractivity contribution in [1.29, 1.82) is 0 Å². The Bertz CT molecular complexity index is 1000. The van der Waals surface area contributed by atoms with Crippen molar-refractivity contribution in [3.8, 4) is 21.6 Å². The first kappa shape index (κ1) is 17.0. The van der Waals surface area contributed by atoms with E-state index in [1.165, 1.54) is 21.4 Å². The van der Waals surface area contributed by atoms with E-state index in [2.05, 4.69) is 58.8 Å². The van der Waals surface area contributed by atoms with Gasteiger partial charge in [-0.3, -0.25) is 0 Å². The number of allylic oxidation sites excluding steroid dienone is 2. The molecule has 0 saturated heterocycles. The Balaban J connectivity index is 1.57. The predicted molar refractivity (Wildman–Crippen MR) is 111 cm³/mol. The summed E-state index contributed by atoms with van der Waals surface area (Å²) < 4.78 is 14.0. The predicted octanol–water partition coefficient (Wildman–Crippen LogP) is 7.39. The zero-order valence-electron chi connectivity index (χ0n) is 14.0. The van der Waals surface area contributed by atoms with Crippen LogP contribution in [0.25, 0.3) is 21.6 Å². The lowest BCUT2D eigenvalue weighted by Crippen LogP contribution is -1.86. The fourth-order valence-corrected chi connectivity index (χ4v) is 4.47. The lowest BCUT2D eigenvalue weighted by atomic mass is 10.0. The van der Waals surface area contributed by atoms with Gasteiger partial charge in [0, 0.05) is 15.7 Å². The van der Waals surface area contributed by atoms with Gasteiger partial charge in [-0.15, -0.1) is 11.3 Å². The Morgan fingerprint density at radius 1 is 0.923 bits per heavy atom. The third kappa shape index (κ3) is 3.45. The molecule has 0 aliphatic heterocycles. The Morgan fingerprint density at radius 3 is 2.31 bits per heavy atom. The molecule has 1 nitrogen and oxygen atoms in total. The number of hydrogen-bond donors (Lipinski definition) is 0. The number of thiocarbonyl (C=S) groups is 1. The highest BCUT2D eigenvalue weighted by Gasteiger charge is 2.15. The van der Waals surface area contributed by atoms with E-state index >= 15 is 0 Å². The molecule has 3 aromatic rings. The molecule has 0 fully saturated rings. The zero-order valence-corrected chi connectivity index (χ0v) is 15.6. The molecule has 0 bridgehead atoms. The van der Waals surface area contributed by atoms with Crippen LogP contribution in [0.15, 0.2) is 71.7 Å². The van der Waals surface area contributed by atoms with Gasteiger partial charge in [-0.1, -0.05) is 42.5 Å². The number of nitrogens with zero attached hydrogens (tertiary/aromatic N) is 1. The molecule has 1 aliphatic carbocycles. The number of rotatable bonds is 4. The van der Waals surface area contributed by atoms with Gasteiger partial charge in [-0.2, -0.15) is 4.99 Å². The molecular weight excluding hydrogens is 361 g/mol. The summed E-state index contributed by atoms with van der Waals surface area (Å²) in [7, 11) is 0. The van der Waals surface area contributed by atoms with Gasteiger partial charge < -0.3 is 0 Å². The van der Waals surface area contributed by atoms with Crippen molar-refractivity contribution in [2.45, 2.75) is 18.8 Å². The maximum Gasteiger partial charge on any atom is 0.150 e. The first-order chi connectivity index (χ1) is 12.7. The molecule has 0 spiro atoms. The molecule has 0 radical (unpaired) electrons. The van der Waals surface area contributed by atoms with Crippen molar-refractivity contribution < 1.29 is 4.39 Å². The highest BCUT2D eigenvalue weighted by atomic mass is 32.1. The van der Waals surface area contributed by atoms with Crippen LogP contribution in [0, 0.1) is 5.82 Å². The van der Waals surface area contributed by atoms with Crippen LogP contribution in [0.2, 0.25) is 0 Å². The van der Waals surface area contributed by atoms with E-state index in [1.54, 1.807) is 6.07 Å². The van der Waals surface area contributed by atoms with Crippen molar-refractivity contribution in [2.75, 3.05) is 0 Å². The summed E-state index contributed by atoms with van der Waals surface area (Å²) in [6, 6.07) is 17.7. The quantitative estimate of drug-likeness (QED) is 0.262. The lowest BCUT2D eigenvalue weighted by molar-refractivity contribution is 0.630. The first-order valence-electron chi connectivity index (χ1n) is 8.47. The second-order valence-corrected chi connectivity index (χ2v) is 7.59. The largest absolute Gasteiger partial charge is 0.205 e. The van der Waals surface area contributed by atoms with Crippen molar-refractivity contribution in [3.63, 3.8) is 0 Å². The van der Waals surface area contributed by atoms with Gasteiger partial charge in [0.15, 0.2) is 0 Å². The topological polar surface area (TPSA) is 12.4 Å². The van der Waals surface area contributed by atoms with Gasteiger partial charge in [-0.25, -0.2) is 4.39 Å². The molecule has 0 amide bonds. The normalized spacial score (nSPS) is 13.7. The standard InChI is InChI=1S/C22H16FNS2/c23-19-13-18(9-10-20(19)24-14-25)15-5-7-17(8-6-15)22-12-11-21(26-22)16-3-1-2-4-16/h1-2,5-13,16H,3-4H2. The number of thiophene rings is 1. The minimum Gasteiger partial charge on any atom is -0.205 e. The fraction of sp³-hybridized carbons (Fsp3) is 0.136. The smallest absolute Gasteiger partial charge is 0.150 e. The number of aliphatic imine (C=N–C) groups is 1. The van der Waals surface area contributed by atoms with E-state index < -0.39 is 5.82 Å². The van der Waals surface area contributed by atoms with Crippen molar-refractivity contribution >= 4 is 34.4 Å². The van der Waals surface area contributed by atoms with Gasteiger partial charge in [-0.05, 0) is 66.0 Å². The van der Waals surface area contributed by atoms with Gasteiger partial charge in [0.2, 0.25) is 0 Å². The molecular formula is C22H16FNS2. The molecule has 4 heteroatoms. The molecule has 0 saturated carbocycles. The van der Waals surface area contributed by atoms with E-state index in [-0.39, 0.29) is 5.69 Å². The third-order valence-corrected chi connectivity index (χ3v) is 6.04. The Kier molecular flexibility index (Phi) is 4.89. The lowest BCUT2D eigenvalue weighted by Gasteiger charge is -2.06. The number of isothiocyanates is 1. The molecule has 0 unspecified atom stereocenters. The van der Waals surface area contributed by atoms with Crippen molar-refractivity contribution in [3.05, 3.63) is 77.4 Å². The second kappa shape index (κ2) is 7.46. The molecule has 26 heavy (non-hydrogen) atoms. The monoisotopic (exact) mass is 377 g/mol. The van der Waals surface area contributed by atoms with Gasteiger partial charge >= 0.3 is 0 Å². The highest BCUT2D eigenvalue weighted by molar-refractivity contribution is 7.78. The molecule has 1 heterocycles.